The number of rotatable bonds is 9. The van der Waals surface area contributed by atoms with Gasteiger partial charge in [-0.3, -0.25) is 19.4 Å². The summed E-state index contributed by atoms with van der Waals surface area (Å²) in [5, 5.41) is 19.4. The smallest absolute Gasteiger partial charge is 0.326 e. The second-order valence-corrected chi connectivity index (χ2v) is 11.9. The third-order valence-corrected chi connectivity index (χ3v) is 9.02. The maximum Gasteiger partial charge on any atom is 0.326 e. The molecule has 0 spiro atoms. The van der Waals surface area contributed by atoms with Crippen LogP contribution in [0.4, 0.5) is 5.69 Å². The normalized spacial score (nSPS) is 20.3. The number of nitrogens with zero attached hydrogens (tertiary/aromatic N) is 2. The van der Waals surface area contributed by atoms with Gasteiger partial charge < -0.3 is 20.6 Å². The predicted octanol–water partition coefficient (Wildman–Crippen LogP) is 4.83. The topological polar surface area (TPSA) is 129 Å². The lowest BCUT2D eigenvalue weighted by atomic mass is 9.74. The van der Waals surface area contributed by atoms with E-state index in [2.05, 4.69) is 15.6 Å². The number of carboxylic acid groups (broad SMARTS) is 1. The molecular weight excluding hydrogens is 587 g/mol. The zero-order valence-corrected chi connectivity index (χ0v) is 24.2. The average molecular weight is 616 g/mol. The molecule has 3 aliphatic rings. The zero-order chi connectivity index (χ0) is 29.1. The van der Waals surface area contributed by atoms with Crippen molar-refractivity contribution in [2.24, 2.45) is 5.92 Å². The highest BCUT2D eigenvalue weighted by Crippen LogP contribution is 2.40. The quantitative estimate of drug-likeness (QED) is 0.317. The molecule has 214 valence electrons. The number of benzene rings is 1. The summed E-state index contributed by atoms with van der Waals surface area (Å²) < 4.78 is 0. The highest BCUT2D eigenvalue weighted by Gasteiger charge is 2.47. The van der Waals surface area contributed by atoms with Crippen LogP contribution in [0, 0.1) is 5.92 Å². The van der Waals surface area contributed by atoms with Crippen LogP contribution in [0.15, 0.2) is 53.5 Å². The maximum absolute atomic E-state index is 13.5. The van der Waals surface area contributed by atoms with Crippen molar-refractivity contribution >= 4 is 63.9 Å². The van der Waals surface area contributed by atoms with Crippen LogP contribution in [0.3, 0.4) is 0 Å². The summed E-state index contributed by atoms with van der Waals surface area (Å²) in [6.45, 7) is 0. The molecule has 2 atom stereocenters. The van der Waals surface area contributed by atoms with E-state index in [0.29, 0.717) is 11.3 Å². The molecule has 41 heavy (non-hydrogen) atoms. The summed E-state index contributed by atoms with van der Waals surface area (Å²) in [5.74, 6) is -2.20. The lowest BCUT2D eigenvalue weighted by Crippen LogP contribution is -2.64. The van der Waals surface area contributed by atoms with Crippen molar-refractivity contribution in [3.63, 3.8) is 0 Å². The zero-order valence-electron chi connectivity index (χ0n) is 21.9. The average Bonchev–Trinajstić information content (AvgIpc) is 3.46. The Kier molecular flexibility index (Phi) is 8.91. The second-order valence-electron chi connectivity index (χ2n) is 10.4. The van der Waals surface area contributed by atoms with E-state index in [9.17, 15) is 24.3 Å². The van der Waals surface area contributed by atoms with Crippen molar-refractivity contribution in [3.8, 4) is 0 Å². The molecule has 12 heteroatoms. The lowest BCUT2D eigenvalue weighted by molar-refractivity contribution is -0.154. The van der Waals surface area contributed by atoms with Gasteiger partial charge in [-0.15, -0.1) is 0 Å². The predicted molar refractivity (Wildman–Crippen MR) is 156 cm³/mol. The maximum atomic E-state index is 13.5. The van der Waals surface area contributed by atoms with Gasteiger partial charge in [0.15, 0.2) is 0 Å². The van der Waals surface area contributed by atoms with Crippen LogP contribution in [0.1, 0.15) is 47.2 Å². The summed E-state index contributed by atoms with van der Waals surface area (Å²) in [7, 11) is 0. The molecule has 0 radical (unpaired) electrons. The van der Waals surface area contributed by atoms with Crippen LogP contribution in [-0.4, -0.2) is 56.8 Å². The monoisotopic (exact) mass is 614 g/mol. The lowest BCUT2D eigenvalue weighted by Gasteiger charge is -2.50. The van der Waals surface area contributed by atoms with Crippen LogP contribution in [0.2, 0.25) is 10.0 Å². The van der Waals surface area contributed by atoms with Crippen LogP contribution < -0.4 is 10.6 Å². The summed E-state index contributed by atoms with van der Waals surface area (Å²) in [5.41, 5.74) is 2.11. The van der Waals surface area contributed by atoms with Gasteiger partial charge in [-0.1, -0.05) is 35.3 Å². The molecule has 0 unspecified atom stereocenters. The molecule has 4 heterocycles. The molecule has 3 amide bonds. The van der Waals surface area contributed by atoms with E-state index in [0.717, 1.165) is 31.2 Å². The third-order valence-electron chi connectivity index (χ3n) is 7.72. The highest BCUT2D eigenvalue weighted by molar-refractivity contribution is 7.08. The Balaban J connectivity index is 1.25. The summed E-state index contributed by atoms with van der Waals surface area (Å²) >= 11 is 13.6. The first kappa shape index (κ1) is 29.0. The van der Waals surface area contributed by atoms with Crippen molar-refractivity contribution in [3.05, 3.63) is 80.2 Å². The second kappa shape index (κ2) is 12.6. The van der Waals surface area contributed by atoms with Gasteiger partial charge in [0.1, 0.15) is 12.1 Å². The number of halogens is 2. The molecule has 2 aliphatic heterocycles. The number of nitrogens with one attached hydrogen (secondary N) is 2. The van der Waals surface area contributed by atoms with E-state index in [1.165, 1.54) is 23.7 Å². The number of piperidine rings is 2. The minimum absolute atomic E-state index is 0.00571. The van der Waals surface area contributed by atoms with Gasteiger partial charge >= 0.3 is 5.97 Å². The molecule has 1 aromatic carbocycles. The van der Waals surface area contributed by atoms with Crippen molar-refractivity contribution in [2.45, 2.75) is 56.7 Å². The number of hydrogen-bond acceptors (Lipinski definition) is 6. The highest BCUT2D eigenvalue weighted by atomic mass is 35.5. The number of fused-ring (bicyclic) bond motifs is 3. The molecule has 3 fully saturated rings. The van der Waals surface area contributed by atoms with Crippen molar-refractivity contribution in [1.29, 1.82) is 0 Å². The van der Waals surface area contributed by atoms with Gasteiger partial charge in [0.2, 0.25) is 11.8 Å². The molecule has 6 rings (SSSR count). The van der Waals surface area contributed by atoms with E-state index in [1.807, 2.05) is 16.8 Å². The van der Waals surface area contributed by atoms with Gasteiger partial charge in [-0.25, -0.2) is 4.79 Å². The molecule has 2 saturated heterocycles. The van der Waals surface area contributed by atoms with E-state index in [4.69, 9.17) is 23.2 Å². The Bertz CT molecular complexity index is 1420. The number of aliphatic carboxylic acids is 1. The fraction of sp³-hybridized carbons (Fsp3) is 0.345. The number of aromatic nitrogens is 1. The molecule has 9 nitrogen and oxygen atoms in total. The first-order chi connectivity index (χ1) is 19.7. The summed E-state index contributed by atoms with van der Waals surface area (Å²) in [6.07, 6.45) is 6.29. The number of pyridine rings is 1. The first-order valence-corrected chi connectivity index (χ1v) is 15.0. The Hall–Kier alpha value is -3.47. The largest absolute Gasteiger partial charge is 0.480 e. The van der Waals surface area contributed by atoms with E-state index < -0.39 is 29.9 Å². The van der Waals surface area contributed by atoms with Crippen LogP contribution in [0.5, 0.6) is 0 Å². The van der Waals surface area contributed by atoms with Crippen molar-refractivity contribution in [1.82, 2.24) is 15.2 Å². The number of carbonyl (C=O) groups excluding carboxylic acids is 3. The number of anilines is 1. The van der Waals surface area contributed by atoms with E-state index in [1.54, 1.807) is 29.2 Å². The number of carboxylic acids is 1. The van der Waals surface area contributed by atoms with Crippen LogP contribution >= 0.6 is 34.5 Å². The molecule has 3 N–H and O–H groups in total. The van der Waals surface area contributed by atoms with Gasteiger partial charge in [-0.05, 0) is 71.7 Å². The first-order valence-electron chi connectivity index (χ1n) is 13.3. The summed E-state index contributed by atoms with van der Waals surface area (Å²) in [6, 6.07) is 6.63. The Morgan fingerprint density at radius 3 is 2.29 bits per heavy atom. The van der Waals surface area contributed by atoms with Crippen LogP contribution in [-0.2, 0) is 27.2 Å². The number of amides is 3. The number of thiophene rings is 1. The Labute approximate surface area is 250 Å². The Morgan fingerprint density at radius 1 is 1.00 bits per heavy atom. The van der Waals surface area contributed by atoms with Gasteiger partial charge in [0.25, 0.3) is 5.91 Å². The van der Waals surface area contributed by atoms with Gasteiger partial charge in [-0.2, -0.15) is 11.3 Å². The van der Waals surface area contributed by atoms with Crippen molar-refractivity contribution in [2.75, 3.05) is 5.32 Å². The molecule has 1 aliphatic carbocycles. The molecule has 3 aromatic rings. The van der Waals surface area contributed by atoms with Gasteiger partial charge in [0, 0.05) is 30.5 Å². The Morgan fingerprint density at radius 2 is 1.68 bits per heavy atom. The minimum Gasteiger partial charge on any atom is -0.480 e. The minimum atomic E-state index is -1.19. The fourth-order valence-electron chi connectivity index (χ4n) is 5.75. The van der Waals surface area contributed by atoms with Crippen molar-refractivity contribution < 1.29 is 24.3 Å². The SMILES string of the molecule is O=C(Nc1ccc(C[C@H](NC(=O)[C@@H]2C3CCC(CC3)N2C(=O)Cc2ccsc2)C(=O)O)cc1)c1c(Cl)cncc1Cl. The van der Waals surface area contributed by atoms with E-state index in [-0.39, 0.29) is 46.3 Å². The van der Waals surface area contributed by atoms with Crippen LogP contribution in [0.25, 0.3) is 0 Å². The van der Waals surface area contributed by atoms with Gasteiger partial charge in [0.05, 0.1) is 22.0 Å². The number of hydrogen-bond donors (Lipinski definition) is 3. The molecule has 1 saturated carbocycles. The number of carbonyl (C=O) groups is 4. The fourth-order valence-corrected chi connectivity index (χ4v) is 6.95. The standard InChI is InChI=1S/C29H28Cl2N4O5S/c30-21-13-32-14-22(31)25(21)27(37)33-19-5-1-16(2-6-19)11-23(29(39)40)34-28(38)26-18-3-7-20(8-4-18)35(26)24(36)12-17-9-10-41-15-17/h1-2,5-6,9-10,13-15,18,20,23,26H,3-4,7-8,11-12H2,(H,33,37)(H,34,38)(H,39,40)/t18?,20?,23-,26-/m0/s1. The van der Waals surface area contributed by atoms with E-state index >= 15 is 0 Å². The molecular formula is C29H28Cl2N4O5S. The summed E-state index contributed by atoms with van der Waals surface area (Å²) in [4.78, 5) is 57.2. The molecule has 2 bridgehead atoms. The molecule has 2 aromatic heterocycles. The third kappa shape index (κ3) is 6.55.